The number of hydrogen-bond acceptors (Lipinski definition) is 5. The molecule has 0 radical (unpaired) electrons. The van der Waals surface area contributed by atoms with Gasteiger partial charge in [-0.3, -0.25) is 9.59 Å². The Morgan fingerprint density at radius 2 is 1.50 bits per heavy atom. The molecule has 0 aromatic carbocycles. The lowest BCUT2D eigenvalue weighted by molar-refractivity contribution is -0.159. The van der Waals surface area contributed by atoms with Gasteiger partial charge in [0, 0.05) is 6.61 Å². The van der Waals surface area contributed by atoms with Gasteiger partial charge in [-0.2, -0.15) is 0 Å². The summed E-state index contributed by atoms with van der Waals surface area (Å²) in [6.07, 6.45) is 0.757. The van der Waals surface area contributed by atoms with Crippen LogP contribution in [-0.4, -0.2) is 37.4 Å². The first kappa shape index (κ1) is 16.9. The summed E-state index contributed by atoms with van der Waals surface area (Å²) >= 11 is 0. The Labute approximate surface area is 108 Å². The van der Waals surface area contributed by atoms with Crippen LogP contribution in [-0.2, 0) is 19.1 Å². The fraction of sp³-hybridized carbons (Fsp3) is 0.846. The van der Waals surface area contributed by atoms with Crippen LogP contribution in [0.1, 0.15) is 40.5 Å². The van der Waals surface area contributed by atoms with Crippen molar-refractivity contribution in [3.05, 3.63) is 0 Å². The van der Waals surface area contributed by atoms with Crippen LogP contribution < -0.4 is 0 Å². The Morgan fingerprint density at radius 1 is 1.00 bits per heavy atom. The SMILES string of the molecule is COC(=O)C(C)(C)CCOC(=O)C(C)(C)CCO. The molecule has 0 rings (SSSR count). The maximum atomic E-state index is 11.7. The summed E-state index contributed by atoms with van der Waals surface area (Å²) in [5.41, 5.74) is -1.37. The highest BCUT2D eigenvalue weighted by Gasteiger charge is 2.31. The van der Waals surface area contributed by atoms with Gasteiger partial charge in [0.05, 0.1) is 24.5 Å². The normalized spacial score (nSPS) is 12.1. The predicted octanol–water partition coefficient (Wildman–Crippen LogP) is 1.53. The molecule has 0 fully saturated rings. The molecule has 0 aliphatic carbocycles. The topological polar surface area (TPSA) is 72.8 Å². The lowest BCUT2D eigenvalue weighted by Gasteiger charge is -2.24. The number of methoxy groups -OCH3 is 1. The van der Waals surface area contributed by atoms with Gasteiger partial charge in [-0.25, -0.2) is 0 Å². The van der Waals surface area contributed by atoms with Crippen LogP contribution in [0.15, 0.2) is 0 Å². The van der Waals surface area contributed by atoms with E-state index in [0.29, 0.717) is 12.8 Å². The smallest absolute Gasteiger partial charge is 0.311 e. The molecule has 0 aromatic heterocycles. The molecule has 0 spiro atoms. The monoisotopic (exact) mass is 260 g/mol. The minimum atomic E-state index is -0.704. The summed E-state index contributed by atoms with van der Waals surface area (Å²) in [7, 11) is 1.33. The van der Waals surface area contributed by atoms with Crippen LogP contribution in [0, 0.1) is 10.8 Å². The minimum absolute atomic E-state index is 0.0598. The number of aliphatic hydroxyl groups is 1. The van der Waals surface area contributed by atoms with E-state index in [1.54, 1.807) is 27.7 Å². The molecule has 0 aliphatic heterocycles. The van der Waals surface area contributed by atoms with Crippen molar-refractivity contribution in [3.63, 3.8) is 0 Å². The van der Waals surface area contributed by atoms with Crippen molar-refractivity contribution in [2.24, 2.45) is 10.8 Å². The molecule has 0 saturated heterocycles. The summed E-state index contributed by atoms with van der Waals surface area (Å²) in [4.78, 5) is 23.1. The van der Waals surface area contributed by atoms with Gasteiger partial charge in [-0.15, -0.1) is 0 Å². The molecule has 0 unspecified atom stereocenters. The minimum Gasteiger partial charge on any atom is -0.469 e. The van der Waals surface area contributed by atoms with Crippen molar-refractivity contribution in [1.82, 2.24) is 0 Å². The summed E-state index contributed by atoms with van der Waals surface area (Å²) in [6.45, 7) is 7.02. The van der Waals surface area contributed by atoms with E-state index in [-0.39, 0.29) is 25.2 Å². The van der Waals surface area contributed by atoms with Crippen LogP contribution in [0.2, 0.25) is 0 Å². The quantitative estimate of drug-likeness (QED) is 0.703. The number of carbonyl (C=O) groups excluding carboxylic acids is 2. The third-order valence-electron chi connectivity index (χ3n) is 2.99. The van der Waals surface area contributed by atoms with Crippen LogP contribution in [0.5, 0.6) is 0 Å². The van der Waals surface area contributed by atoms with Gasteiger partial charge < -0.3 is 14.6 Å². The highest BCUT2D eigenvalue weighted by atomic mass is 16.5. The van der Waals surface area contributed by atoms with Gasteiger partial charge in [0.2, 0.25) is 0 Å². The largest absolute Gasteiger partial charge is 0.469 e. The Kier molecular flexibility index (Phi) is 6.32. The lowest BCUT2D eigenvalue weighted by Crippen LogP contribution is -2.31. The Morgan fingerprint density at radius 3 is 1.94 bits per heavy atom. The summed E-state index contributed by atoms with van der Waals surface area (Å²) in [5.74, 6) is -0.689. The maximum Gasteiger partial charge on any atom is 0.311 e. The fourth-order valence-electron chi connectivity index (χ4n) is 1.35. The molecular formula is C13H24O5. The zero-order chi connectivity index (χ0) is 14.4. The van der Waals surface area contributed by atoms with Crippen molar-refractivity contribution in [1.29, 1.82) is 0 Å². The van der Waals surface area contributed by atoms with E-state index in [2.05, 4.69) is 4.74 Å². The molecule has 1 N–H and O–H groups in total. The Hall–Kier alpha value is -1.10. The zero-order valence-corrected chi connectivity index (χ0v) is 11.9. The molecule has 18 heavy (non-hydrogen) atoms. The van der Waals surface area contributed by atoms with Crippen molar-refractivity contribution in [2.45, 2.75) is 40.5 Å². The van der Waals surface area contributed by atoms with Crippen molar-refractivity contribution in [3.8, 4) is 0 Å². The van der Waals surface area contributed by atoms with Gasteiger partial charge >= 0.3 is 11.9 Å². The summed E-state index contributed by atoms with van der Waals surface area (Å²) in [5, 5.41) is 8.84. The van der Waals surface area contributed by atoms with E-state index in [0.717, 1.165) is 0 Å². The second-order valence-corrected chi connectivity index (χ2v) is 5.62. The number of carbonyl (C=O) groups is 2. The lowest BCUT2D eigenvalue weighted by atomic mass is 9.89. The van der Waals surface area contributed by atoms with E-state index >= 15 is 0 Å². The third-order valence-corrected chi connectivity index (χ3v) is 2.99. The number of aliphatic hydroxyl groups excluding tert-OH is 1. The molecule has 106 valence electrons. The average molecular weight is 260 g/mol. The average Bonchev–Trinajstić information content (AvgIpc) is 2.27. The van der Waals surface area contributed by atoms with Crippen molar-refractivity contribution in [2.75, 3.05) is 20.3 Å². The van der Waals surface area contributed by atoms with Crippen molar-refractivity contribution >= 4 is 11.9 Å². The molecule has 0 aromatic rings. The standard InChI is InChI=1S/C13H24O5/c1-12(2,6-8-14)11(16)18-9-7-13(3,4)10(15)17-5/h14H,6-9H2,1-5H3. The third kappa shape index (κ3) is 5.04. The van der Waals surface area contributed by atoms with Crippen LogP contribution >= 0.6 is 0 Å². The van der Waals surface area contributed by atoms with Crippen LogP contribution in [0.3, 0.4) is 0 Å². The molecule has 0 heterocycles. The molecule has 0 saturated carbocycles. The van der Waals surface area contributed by atoms with E-state index in [4.69, 9.17) is 9.84 Å². The van der Waals surface area contributed by atoms with Gasteiger partial charge in [0.1, 0.15) is 0 Å². The highest BCUT2D eigenvalue weighted by molar-refractivity contribution is 5.76. The second kappa shape index (κ2) is 6.73. The Bertz CT molecular complexity index is 294. The first-order valence-corrected chi connectivity index (χ1v) is 6.04. The maximum absolute atomic E-state index is 11.7. The number of esters is 2. The molecule has 5 nitrogen and oxygen atoms in total. The number of hydrogen-bond donors (Lipinski definition) is 1. The first-order chi connectivity index (χ1) is 8.17. The Balaban J connectivity index is 4.20. The second-order valence-electron chi connectivity index (χ2n) is 5.62. The van der Waals surface area contributed by atoms with Gasteiger partial charge in [0.25, 0.3) is 0 Å². The van der Waals surface area contributed by atoms with E-state index in [1.165, 1.54) is 7.11 Å². The summed E-state index contributed by atoms with van der Waals surface area (Å²) in [6, 6.07) is 0. The van der Waals surface area contributed by atoms with Crippen LogP contribution in [0.4, 0.5) is 0 Å². The first-order valence-electron chi connectivity index (χ1n) is 6.04. The molecule has 0 atom stereocenters. The predicted molar refractivity (Wildman–Crippen MR) is 66.9 cm³/mol. The van der Waals surface area contributed by atoms with Crippen LogP contribution in [0.25, 0.3) is 0 Å². The van der Waals surface area contributed by atoms with E-state index in [9.17, 15) is 9.59 Å². The number of ether oxygens (including phenoxy) is 2. The zero-order valence-electron chi connectivity index (χ0n) is 11.9. The van der Waals surface area contributed by atoms with Gasteiger partial charge in [-0.1, -0.05) is 0 Å². The molecule has 0 aliphatic rings. The van der Waals surface area contributed by atoms with E-state index in [1.807, 2.05) is 0 Å². The fourth-order valence-corrected chi connectivity index (χ4v) is 1.35. The number of rotatable bonds is 7. The summed E-state index contributed by atoms with van der Waals surface area (Å²) < 4.78 is 9.80. The molecule has 0 amide bonds. The van der Waals surface area contributed by atoms with Gasteiger partial charge in [-0.05, 0) is 40.5 Å². The van der Waals surface area contributed by atoms with E-state index < -0.39 is 10.8 Å². The van der Waals surface area contributed by atoms with Crippen molar-refractivity contribution < 1.29 is 24.2 Å². The molecule has 0 bridgehead atoms. The van der Waals surface area contributed by atoms with Gasteiger partial charge in [0.15, 0.2) is 0 Å². The molecule has 5 heteroatoms. The molecular weight excluding hydrogens is 236 g/mol. The highest BCUT2D eigenvalue weighted by Crippen LogP contribution is 2.25.